The average Bonchev–Trinajstić information content (AvgIpc) is 2.28. The van der Waals surface area contributed by atoms with E-state index in [1.54, 1.807) is 7.11 Å². The van der Waals surface area contributed by atoms with Gasteiger partial charge in [-0.15, -0.1) is 0 Å². The number of hydrogen-bond acceptors (Lipinski definition) is 4. The minimum Gasteiger partial charge on any atom is -0.385 e. The lowest BCUT2D eigenvalue weighted by Crippen LogP contribution is -2.06. The molecule has 0 bridgehead atoms. The Morgan fingerprint density at radius 2 is 2.25 bits per heavy atom. The zero-order valence-electron chi connectivity index (χ0n) is 9.17. The molecule has 0 saturated carbocycles. The molecule has 0 aliphatic heterocycles. The summed E-state index contributed by atoms with van der Waals surface area (Å²) in [4.78, 5) is 7.28. The van der Waals surface area contributed by atoms with Gasteiger partial charge in [0.25, 0.3) is 0 Å². The molecule has 0 saturated heterocycles. The van der Waals surface area contributed by atoms with Gasteiger partial charge in [0.05, 0.1) is 6.20 Å². The number of anilines is 1. The van der Waals surface area contributed by atoms with Crippen LogP contribution in [0.2, 0.25) is 5.28 Å². The number of hydrogen-bond donors (Lipinski definition) is 1. The summed E-state index contributed by atoms with van der Waals surface area (Å²) in [6.45, 7) is 1.42. The molecule has 0 fully saturated rings. The van der Waals surface area contributed by atoms with Crippen molar-refractivity contribution in [2.24, 2.45) is 0 Å². The second-order valence-electron chi connectivity index (χ2n) is 3.32. The molecule has 1 rings (SSSR count). The molecule has 1 aromatic rings. The van der Waals surface area contributed by atoms with Crippen LogP contribution in [0.3, 0.4) is 0 Å². The SMILES string of the molecule is COCCCCCNc1nc(Cl)ncc1F. The van der Waals surface area contributed by atoms with Gasteiger partial charge in [0.15, 0.2) is 11.6 Å². The van der Waals surface area contributed by atoms with Crippen molar-refractivity contribution in [2.75, 3.05) is 25.6 Å². The van der Waals surface area contributed by atoms with E-state index >= 15 is 0 Å². The Bertz CT molecular complexity index is 325. The quantitative estimate of drug-likeness (QED) is 0.594. The van der Waals surface area contributed by atoms with E-state index in [2.05, 4.69) is 15.3 Å². The lowest BCUT2D eigenvalue weighted by Gasteiger charge is -2.06. The third-order valence-corrected chi connectivity index (χ3v) is 2.21. The fourth-order valence-electron chi connectivity index (χ4n) is 1.22. The molecule has 0 unspecified atom stereocenters. The number of ether oxygens (including phenoxy) is 1. The monoisotopic (exact) mass is 247 g/mol. The Balaban J connectivity index is 2.23. The molecule has 1 heterocycles. The van der Waals surface area contributed by atoms with E-state index in [0.29, 0.717) is 6.54 Å². The first kappa shape index (κ1) is 13.1. The van der Waals surface area contributed by atoms with E-state index in [0.717, 1.165) is 32.1 Å². The van der Waals surface area contributed by atoms with Crippen molar-refractivity contribution in [3.8, 4) is 0 Å². The molecule has 0 atom stereocenters. The molecular formula is C10H15ClFN3O. The first-order valence-corrected chi connectivity index (χ1v) is 5.52. The highest BCUT2D eigenvalue weighted by Crippen LogP contribution is 2.11. The van der Waals surface area contributed by atoms with Gasteiger partial charge in [0, 0.05) is 20.3 Å². The van der Waals surface area contributed by atoms with Crippen LogP contribution in [0.4, 0.5) is 10.2 Å². The maximum Gasteiger partial charge on any atom is 0.224 e. The number of halogens is 2. The van der Waals surface area contributed by atoms with Crippen LogP contribution in [-0.4, -0.2) is 30.2 Å². The van der Waals surface area contributed by atoms with Crippen molar-refractivity contribution >= 4 is 17.4 Å². The van der Waals surface area contributed by atoms with Crippen LogP contribution in [0.15, 0.2) is 6.20 Å². The third kappa shape index (κ3) is 4.72. The highest BCUT2D eigenvalue weighted by atomic mass is 35.5. The zero-order valence-corrected chi connectivity index (χ0v) is 9.93. The molecule has 0 radical (unpaired) electrons. The van der Waals surface area contributed by atoms with Crippen molar-refractivity contribution in [1.29, 1.82) is 0 Å². The number of nitrogens with one attached hydrogen (secondary N) is 1. The fraction of sp³-hybridized carbons (Fsp3) is 0.600. The van der Waals surface area contributed by atoms with E-state index in [1.807, 2.05) is 0 Å². The molecule has 0 spiro atoms. The summed E-state index contributed by atoms with van der Waals surface area (Å²) < 4.78 is 18.1. The summed E-state index contributed by atoms with van der Waals surface area (Å²) in [5, 5.41) is 2.92. The van der Waals surface area contributed by atoms with Gasteiger partial charge in [-0.3, -0.25) is 0 Å². The Morgan fingerprint density at radius 3 is 3.00 bits per heavy atom. The van der Waals surface area contributed by atoms with Gasteiger partial charge in [0.1, 0.15) is 0 Å². The van der Waals surface area contributed by atoms with E-state index in [9.17, 15) is 4.39 Å². The Labute approximate surface area is 99.2 Å². The molecule has 0 aromatic carbocycles. The van der Waals surface area contributed by atoms with Crippen molar-refractivity contribution in [1.82, 2.24) is 9.97 Å². The summed E-state index contributed by atoms with van der Waals surface area (Å²) in [6, 6.07) is 0. The standard InChI is InChI=1S/C10H15ClFN3O/c1-16-6-4-2-3-5-13-9-8(12)7-14-10(11)15-9/h7H,2-6H2,1H3,(H,13,14,15). The van der Waals surface area contributed by atoms with Crippen LogP contribution in [0.1, 0.15) is 19.3 Å². The first-order chi connectivity index (χ1) is 7.74. The Morgan fingerprint density at radius 1 is 1.44 bits per heavy atom. The lowest BCUT2D eigenvalue weighted by atomic mass is 10.2. The minimum absolute atomic E-state index is 0.0447. The summed E-state index contributed by atoms with van der Waals surface area (Å²) in [7, 11) is 1.68. The summed E-state index contributed by atoms with van der Waals surface area (Å²) >= 11 is 5.55. The van der Waals surface area contributed by atoms with Crippen molar-refractivity contribution in [3.05, 3.63) is 17.3 Å². The maximum atomic E-state index is 13.1. The number of unbranched alkanes of at least 4 members (excludes halogenated alkanes) is 2. The number of nitrogens with zero attached hydrogens (tertiary/aromatic N) is 2. The molecule has 0 aliphatic carbocycles. The van der Waals surface area contributed by atoms with E-state index < -0.39 is 5.82 Å². The predicted octanol–water partition coefficient (Wildman–Crippen LogP) is 2.50. The molecule has 1 N–H and O–H groups in total. The number of methoxy groups -OCH3 is 1. The topological polar surface area (TPSA) is 47.0 Å². The molecular weight excluding hydrogens is 233 g/mol. The predicted molar refractivity (Wildman–Crippen MR) is 61.2 cm³/mol. The fourth-order valence-corrected chi connectivity index (χ4v) is 1.36. The van der Waals surface area contributed by atoms with Crippen LogP contribution in [0.5, 0.6) is 0 Å². The van der Waals surface area contributed by atoms with Gasteiger partial charge in [-0.25, -0.2) is 9.37 Å². The largest absolute Gasteiger partial charge is 0.385 e. The van der Waals surface area contributed by atoms with Crippen LogP contribution >= 0.6 is 11.6 Å². The van der Waals surface area contributed by atoms with Gasteiger partial charge < -0.3 is 10.1 Å². The van der Waals surface area contributed by atoms with Crippen molar-refractivity contribution in [2.45, 2.75) is 19.3 Å². The van der Waals surface area contributed by atoms with Crippen molar-refractivity contribution < 1.29 is 9.13 Å². The summed E-state index contributed by atoms with van der Waals surface area (Å²) in [5.41, 5.74) is 0. The van der Waals surface area contributed by atoms with Gasteiger partial charge >= 0.3 is 0 Å². The van der Waals surface area contributed by atoms with Gasteiger partial charge in [-0.1, -0.05) is 0 Å². The second-order valence-corrected chi connectivity index (χ2v) is 3.65. The van der Waals surface area contributed by atoms with Gasteiger partial charge in [-0.2, -0.15) is 4.98 Å². The number of rotatable bonds is 7. The molecule has 1 aromatic heterocycles. The molecule has 0 amide bonds. The minimum atomic E-state index is -0.485. The first-order valence-electron chi connectivity index (χ1n) is 5.15. The molecule has 16 heavy (non-hydrogen) atoms. The Hall–Kier alpha value is -0.940. The summed E-state index contributed by atoms with van der Waals surface area (Å²) in [6.07, 6.45) is 4.03. The van der Waals surface area contributed by atoms with Crippen LogP contribution < -0.4 is 5.32 Å². The van der Waals surface area contributed by atoms with E-state index in [1.165, 1.54) is 0 Å². The van der Waals surface area contributed by atoms with E-state index in [-0.39, 0.29) is 11.1 Å². The summed E-state index contributed by atoms with van der Waals surface area (Å²) in [5.74, 6) is -0.326. The normalized spacial score (nSPS) is 10.4. The molecule has 6 heteroatoms. The van der Waals surface area contributed by atoms with E-state index in [4.69, 9.17) is 16.3 Å². The van der Waals surface area contributed by atoms with Crippen LogP contribution in [0.25, 0.3) is 0 Å². The smallest absolute Gasteiger partial charge is 0.224 e. The van der Waals surface area contributed by atoms with Crippen LogP contribution in [0, 0.1) is 5.82 Å². The number of aromatic nitrogens is 2. The highest BCUT2D eigenvalue weighted by Gasteiger charge is 2.04. The molecule has 4 nitrogen and oxygen atoms in total. The maximum absolute atomic E-state index is 13.1. The second kappa shape index (κ2) is 7.35. The van der Waals surface area contributed by atoms with Crippen LogP contribution in [-0.2, 0) is 4.74 Å². The van der Waals surface area contributed by atoms with Gasteiger partial charge in [-0.05, 0) is 30.9 Å². The van der Waals surface area contributed by atoms with Gasteiger partial charge in [0.2, 0.25) is 5.28 Å². The Kier molecular flexibility index (Phi) is 6.03. The third-order valence-electron chi connectivity index (χ3n) is 2.03. The molecule has 0 aliphatic rings. The average molecular weight is 248 g/mol. The lowest BCUT2D eigenvalue weighted by molar-refractivity contribution is 0.192. The van der Waals surface area contributed by atoms with Crippen molar-refractivity contribution in [3.63, 3.8) is 0 Å². The zero-order chi connectivity index (χ0) is 11.8. The molecule has 90 valence electrons. The highest BCUT2D eigenvalue weighted by molar-refractivity contribution is 6.28.